The lowest BCUT2D eigenvalue weighted by Crippen LogP contribution is -2.65. The van der Waals surface area contributed by atoms with Crippen LogP contribution < -0.4 is 11.1 Å². The molecular formula is C32H37N3O8. The van der Waals surface area contributed by atoms with Crippen molar-refractivity contribution in [2.45, 2.75) is 69.2 Å². The number of phenols is 1. The molecule has 4 atom stereocenters. The number of aliphatic hydroxyl groups excluding tert-OH is 2. The topological polar surface area (TPSA) is 187 Å². The standard InChI is InChI=1S/C32H37N3O8/c1-35(2)26-20-13-15-12-19-18(22-11-8-17(43-22)14-34-16-6-4-3-5-7-16)9-10-21(36)24(19)27(37)23(15)29(39)32(20,42)30(40)25(28(26)38)31(33)41/h8-11,15-16,20,26,34,36-37,40,42H,3-7,12-14H2,1-2H3,(H2,33,41)/t15-,20-,26-,32-/m1/s1. The monoisotopic (exact) mass is 591 g/mol. The van der Waals surface area contributed by atoms with Crippen molar-refractivity contribution < 1.29 is 39.2 Å². The van der Waals surface area contributed by atoms with Crippen molar-refractivity contribution in [3.05, 3.63) is 58.1 Å². The van der Waals surface area contributed by atoms with E-state index in [-0.39, 0.29) is 29.7 Å². The summed E-state index contributed by atoms with van der Waals surface area (Å²) in [6.07, 6.45) is 6.19. The van der Waals surface area contributed by atoms with E-state index in [9.17, 15) is 34.8 Å². The van der Waals surface area contributed by atoms with Gasteiger partial charge >= 0.3 is 0 Å². The molecule has 1 amide bonds. The molecular weight excluding hydrogens is 554 g/mol. The quantitative estimate of drug-likeness (QED) is 0.273. The van der Waals surface area contributed by atoms with Crippen molar-refractivity contribution in [1.82, 2.24) is 10.2 Å². The van der Waals surface area contributed by atoms with Crippen molar-refractivity contribution in [2.75, 3.05) is 14.1 Å². The summed E-state index contributed by atoms with van der Waals surface area (Å²) in [6.45, 7) is 0.571. The lowest BCUT2D eigenvalue weighted by atomic mass is 9.57. The number of aromatic hydroxyl groups is 1. The summed E-state index contributed by atoms with van der Waals surface area (Å²) in [5, 5.41) is 48.6. The molecule has 11 heteroatoms. The van der Waals surface area contributed by atoms with Crippen LogP contribution in [0.3, 0.4) is 0 Å². The van der Waals surface area contributed by atoms with E-state index in [4.69, 9.17) is 10.2 Å². The minimum Gasteiger partial charge on any atom is -0.508 e. The van der Waals surface area contributed by atoms with E-state index in [1.165, 1.54) is 30.2 Å². The van der Waals surface area contributed by atoms with Crippen LogP contribution in [-0.2, 0) is 27.3 Å². The molecule has 228 valence electrons. The summed E-state index contributed by atoms with van der Waals surface area (Å²) in [5.74, 6) is -5.49. The molecule has 0 aliphatic heterocycles. The van der Waals surface area contributed by atoms with Crippen LogP contribution in [0, 0.1) is 11.8 Å². The van der Waals surface area contributed by atoms with Crippen LogP contribution in [0.5, 0.6) is 5.75 Å². The van der Waals surface area contributed by atoms with E-state index in [0.29, 0.717) is 29.5 Å². The molecule has 4 aliphatic rings. The number of hydrogen-bond acceptors (Lipinski definition) is 10. The van der Waals surface area contributed by atoms with Crippen molar-refractivity contribution in [3.8, 4) is 17.1 Å². The molecule has 2 fully saturated rings. The number of carbonyl (C=O) groups is 3. The maximum absolute atomic E-state index is 14.0. The van der Waals surface area contributed by atoms with E-state index in [1.807, 2.05) is 12.1 Å². The van der Waals surface area contributed by atoms with Gasteiger partial charge in [-0.3, -0.25) is 19.3 Å². The van der Waals surface area contributed by atoms with Gasteiger partial charge in [-0.15, -0.1) is 0 Å². The number of nitrogens with zero attached hydrogens (tertiary/aromatic N) is 1. The number of primary amides is 1. The Hall–Kier alpha value is -3.93. The number of phenolic OH excluding ortho intramolecular Hbond substituents is 1. The molecule has 43 heavy (non-hydrogen) atoms. The maximum Gasteiger partial charge on any atom is 0.255 e. The Kier molecular flexibility index (Phi) is 7.22. The number of nitrogens with one attached hydrogen (secondary N) is 1. The number of furan rings is 1. The number of aliphatic hydroxyl groups is 3. The second kappa shape index (κ2) is 10.7. The highest BCUT2D eigenvalue weighted by atomic mass is 16.4. The number of Topliss-reactive ketones (excluding diaryl/α,β-unsaturated/α-hetero) is 2. The number of hydrogen-bond donors (Lipinski definition) is 6. The average molecular weight is 592 g/mol. The fraction of sp³-hybridized carbons (Fsp3) is 0.469. The number of nitrogens with two attached hydrogens (primary N) is 1. The minimum atomic E-state index is -2.67. The van der Waals surface area contributed by atoms with E-state index < -0.39 is 58.0 Å². The molecule has 1 aromatic carbocycles. The molecule has 2 aromatic rings. The number of fused-ring (bicyclic) bond motifs is 3. The smallest absolute Gasteiger partial charge is 0.255 e. The van der Waals surface area contributed by atoms with Gasteiger partial charge < -0.3 is 35.9 Å². The zero-order valence-electron chi connectivity index (χ0n) is 24.2. The lowest BCUT2D eigenvalue weighted by molar-refractivity contribution is -0.153. The van der Waals surface area contributed by atoms with E-state index >= 15 is 0 Å². The molecule has 0 spiro atoms. The van der Waals surface area contributed by atoms with Crippen LogP contribution in [-0.4, -0.2) is 74.6 Å². The van der Waals surface area contributed by atoms with E-state index in [1.54, 1.807) is 20.2 Å². The Bertz CT molecular complexity index is 1580. The van der Waals surface area contributed by atoms with Crippen molar-refractivity contribution in [2.24, 2.45) is 17.6 Å². The molecule has 0 bridgehead atoms. The Balaban J connectivity index is 1.40. The molecule has 1 aromatic heterocycles. The van der Waals surface area contributed by atoms with Crippen molar-refractivity contribution in [3.63, 3.8) is 0 Å². The Labute approximate surface area is 248 Å². The minimum absolute atomic E-state index is 0.0234. The van der Waals surface area contributed by atoms with Gasteiger partial charge in [0.2, 0.25) is 5.78 Å². The molecule has 1 heterocycles. The zero-order valence-corrected chi connectivity index (χ0v) is 24.2. The van der Waals surface area contributed by atoms with Crippen molar-refractivity contribution in [1.29, 1.82) is 0 Å². The molecule has 0 radical (unpaired) electrons. The Morgan fingerprint density at radius 3 is 2.49 bits per heavy atom. The first kappa shape index (κ1) is 29.2. The molecule has 11 nitrogen and oxygen atoms in total. The Morgan fingerprint density at radius 1 is 1.09 bits per heavy atom. The van der Waals surface area contributed by atoms with Crippen LogP contribution in [0.1, 0.15) is 55.4 Å². The van der Waals surface area contributed by atoms with Crippen LogP contribution in [0.4, 0.5) is 0 Å². The second-order valence-electron chi connectivity index (χ2n) is 12.4. The predicted octanol–water partition coefficient (Wildman–Crippen LogP) is 2.65. The average Bonchev–Trinajstić information content (AvgIpc) is 3.43. The predicted molar refractivity (Wildman–Crippen MR) is 156 cm³/mol. The number of carbonyl (C=O) groups excluding carboxylic acids is 3. The van der Waals surface area contributed by atoms with Gasteiger partial charge in [-0.2, -0.15) is 0 Å². The van der Waals surface area contributed by atoms with E-state index in [0.717, 1.165) is 18.6 Å². The van der Waals surface area contributed by atoms with Crippen LogP contribution >= 0.6 is 0 Å². The summed E-state index contributed by atoms with van der Waals surface area (Å²) in [7, 11) is 3.14. The number of likely N-dealkylation sites (N-methyl/N-ethyl adjacent to an activating group) is 1. The normalized spacial score (nSPS) is 27.8. The third-order valence-electron chi connectivity index (χ3n) is 9.70. The van der Waals surface area contributed by atoms with Crippen LogP contribution in [0.2, 0.25) is 0 Å². The van der Waals surface area contributed by atoms with E-state index in [2.05, 4.69) is 5.32 Å². The summed E-state index contributed by atoms with van der Waals surface area (Å²) >= 11 is 0. The molecule has 2 saturated carbocycles. The highest BCUT2D eigenvalue weighted by Gasteiger charge is 2.64. The lowest BCUT2D eigenvalue weighted by Gasteiger charge is -2.50. The number of amides is 1. The van der Waals surface area contributed by atoms with Gasteiger partial charge in [0.05, 0.1) is 18.2 Å². The molecule has 6 rings (SSSR count). The zero-order chi connectivity index (χ0) is 30.8. The van der Waals surface area contributed by atoms with Crippen LogP contribution in [0.15, 0.2) is 45.6 Å². The number of ketones is 2. The number of rotatable bonds is 6. The van der Waals surface area contributed by atoms with Gasteiger partial charge in [0.15, 0.2) is 11.4 Å². The first-order valence-electron chi connectivity index (χ1n) is 14.8. The largest absolute Gasteiger partial charge is 0.508 e. The second-order valence-corrected chi connectivity index (χ2v) is 12.4. The molecule has 7 N–H and O–H groups in total. The fourth-order valence-electron chi connectivity index (χ4n) is 7.64. The number of benzene rings is 1. The third-order valence-corrected chi connectivity index (χ3v) is 9.70. The summed E-state index contributed by atoms with van der Waals surface area (Å²) in [5.41, 5.74) is 2.93. The summed E-state index contributed by atoms with van der Waals surface area (Å²) in [6, 6.07) is 6.15. The van der Waals surface area contributed by atoms with Gasteiger partial charge in [0.1, 0.15) is 34.4 Å². The molecule has 4 aliphatic carbocycles. The fourth-order valence-corrected chi connectivity index (χ4v) is 7.64. The Morgan fingerprint density at radius 2 is 1.81 bits per heavy atom. The maximum atomic E-state index is 14.0. The first-order chi connectivity index (χ1) is 20.4. The van der Waals surface area contributed by atoms with Gasteiger partial charge in [0, 0.05) is 23.1 Å². The van der Waals surface area contributed by atoms with Crippen molar-refractivity contribution >= 4 is 23.2 Å². The third kappa shape index (κ3) is 4.49. The summed E-state index contributed by atoms with van der Waals surface area (Å²) in [4.78, 5) is 40.9. The SMILES string of the molecule is CN(C)[C@H]1C(=O)C(C(N)=O)=C(O)[C@]2(O)C(=O)C3=C(O)c4c(O)ccc(-c5ccc(CNC6CCCCC6)o5)c4C[C@@H]3C[C@H]12. The van der Waals surface area contributed by atoms with Gasteiger partial charge in [-0.1, -0.05) is 19.3 Å². The molecule has 0 unspecified atom stereocenters. The highest BCUT2D eigenvalue weighted by molar-refractivity contribution is 6.24. The highest BCUT2D eigenvalue weighted by Crippen LogP contribution is 2.53. The van der Waals surface area contributed by atoms with Gasteiger partial charge in [-0.25, -0.2) is 0 Å². The summed E-state index contributed by atoms with van der Waals surface area (Å²) < 4.78 is 6.19. The molecule has 0 saturated heterocycles. The van der Waals surface area contributed by atoms with Gasteiger partial charge in [0.25, 0.3) is 5.91 Å². The van der Waals surface area contributed by atoms with Gasteiger partial charge in [-0.05, 0) is 75.5 Å². The van der Waals surface area contributed by atoms with Crippen LogP contribution in [0.25, 0.3) is 17.1 Å². The first-order valence-corrected chi connectivity index (χ1v) is 14.8.